The number of hydrogen-bond donors (Lipinski definition) is 1. The van der Waals surface area contributed by atoms with E-state index in [2.05, 4.69) is 4.47 Å². The van der Waals surface area contributed by atoms with Crippen molar-refractivity contribution < 1.29 is 30.0 Å². The molecular formula is C14H15N3O7S3. The van der Waals surface area contributed by atoms with Crippen LogP contribution < -0.4 is 9.57 Å². The van der Waals surface area contributed by atoms with Gasteiger partial charge in [-0.15, -0.1) is 4.83 Å². The summed E-state index contributed by atoms with van der Waals surface area (Å²) in [6.07, 6.45) is 0. The van der Waals surface area contributed by atoms with Gasteiger partial charge < -0.3 is 4.74 Å². The van der Waals surface area contributed by atoms with Gasteiger partial charge in [-0.2, -0.15) is 8.42 Å². The first kappa shape index (κ1) is 21.0. The Kier molecular flexibility index (Phi) is 6.33. The topological polar surface area (TPSA) is 139 Å². The fourth-order valence-electron chi connectivity index (χ4n) is 1.89. The van der Waals surface area contributed by atoms with E-state index in [0.717, 1.165) is 17.7 Å². The lowest BCUT2D eigenvalue weighted by Crippen LogP contribution is -2.42. The Morgan fingerprint density at radius 1 is 0.926 bits per heavy atom. The molecule has 0 fully saturated rings. The molecule has 0 aliphatic rings. The van der Waals surface area contributed by atoms with E-state index in [4.69, 9.17) is 4.74 Å². The lowest BCUT2D eigenvalue weighted by molar-refractivity contribution is 0.395. The monoisotopic (exact) mass is 433 g/mol. The van der Waals surface area contributed by atoms with Gasteiger partial charge in [-0.3, -0.25) is 0 Å². The summed E-state index contributed by atoms with van der Waals surface area (Å²) in [5.74, 6) is 0.378. The molecule has 146 valence electrons. The summed E-state index contributed by atoms with van der Waals surface area (Å²) in [6, 6.07) is 10.3. The Hall–Kier alpha value is -2.32. The first-order chi connectivity index (χ1) is 12.6. The number of aryl methyl sites for hydroxylation is 1. The second-order valence-electron chi connectivity index (χ2n) is 5.13. The van der Waals surface area contributed by atoms with Crippen LogP contribution in [0.3, 0.4) is 0 Å². The first-order valence-corrected chi connectivity index (χ1v) is 11.1. The molecule has 10 nitrogen and oxygen atoms in total. The minimum absolute atomic E-state index is 0.208. The summed E-state index contributed by atoms with van der Waals surface area (Å²) in [6.45, 7) is 1.72. The predicted octanol–water partition coefficient (Wildman–Crippen LogP) is 0.866. The number of hydrogen-bond acceptors (Lipinski definition) is 8. The third-order valence-electron chi connectivity index (χ3n) is 3.26. The standard InChI is InChI=1S/C14H15N3O7S3/c1-11-3-7-14(8-4-11)27(22,23)17(15-25(18)19)16-26(20,21)13-9-5-12(24-2)6-10-13/h3-10,16H,1-2H3. The normalized spacial score (nSPS) is 12.0. The van der Waals surface area contributed by atoms with E-state index in [-0.39, 0.29) is 14.3 Å². The van der Waals surface area contributed by atoms with Gasteiger partial charge in [0.2, 0.25) is 0 Å². The Morgan fingerprint density at radius 3 is 1.93 bits per heavy atom. The predicted molar refractivity (Wildman–Crippen MR) is 94.9 cm³/mol. The zero-order valence-corrected chi connectivity index (χ0v) is 16.5. The van der Waals surface area contributed by atoms with Crippen molar-refractivity contribution in [1.82, 2.24) is 9.35 Å². The van der Waals surface area contributed by atoms with Gasteiger partial charge in [0, 0.05) is 4.52 Å². The number of methoxy groups -OCH3 is 1. The van der Waals surface area contributed by atoms with Crippen LogP contribution in [-0.2, 0) is 30.5 Å². The summed E-state index contributed by atoms with van der Waals surface area (Å²) >= 11 is 0. The molecule has 0 bridgehead atoms. The fraction of sp³-hybridized carbons (Fsp3) is 0.143. The second-order valence-corrected chi connectivity index (χ2v) is 9.16. The van der Waals surface area contributed by atoms with Crippen molar-refractivity contribution >= 4 is 30.5 Å². The number of rotatable bonds is 7. The van der Waals surface area contributed by atoms with Gasteiger partial charge in [-0.25, -0.2) is 16.8 Å². The number of ether oxygens (including phenoxy) is 1. The van der Waals surface area contributed by atoms with Crippen LogP contribution >= 0.6 is 0 Å². The zero-order chi connectivity index (χ0) is 20.2. The van der Waals surface area contributed by atoms with Crippen LogP contribution in [-0.4, -0.2) is 36.9 Å². The Morgan fingerprint density at radius 2 is 1.44 bits per heavy atom. The molecule has 0 atom stereocenters. The summed E-state index contributed by atoms with van der Waals surface area (Å²) in [5.41, 5.74) is 0.753. The van der Waals surface area contributed by atoms with E-state index >= 15 is 0 Å². The minimum atomic E-state index is -4.61. The number of benzene rings is 2. The van der Waals surface area contributed by atoms with Gasteiger partial charge in [-0.1, -0.05) is 17.7 Å². The van der Waals surface area contributed by atoms with Crippen molar-refractivity contribution in [3.05, 3.63) is 54.1 Å². The molecule has 0 saturated heterocycles. The van der Waals surface area contributed by atoms with Gasteiger partial charge in [0.05, 0.1) is 16.9 Å². The van der Waals surface area contributed by atoms with Crippen molar-refractivity contribution in [2.75, 3.05) is 7.11 Å². The first-order valence-electron chi connectivity index (χ1n) is 7.16. The molecule has 1 N–H and O–H groups in total. The number of nitrogens with zero attached hydrogens (tertiary/aromatic N) is 2. The molecule has 0 amide bonds. The number of hydrazine groups is 1. The van der Waals surface area contributed by atoms with Crippen LogP contribution in [0.4, 0.5) is 0 Å². The van der Waals surface area contributed by atoms with Crippen molar-refractivity contribution in [2.24, 2.45) is 4.47 Å². The maximum absolute atomic E-state index is 12.6. The lowest BCUT2D eigenvalue weighted by atomic mass is 10.2. The van der Waals surface area contributed by atoms with Crippen LogP contribution in [0, 0.1) is 6.92 Å². The molecule has 0 unspecified atom stereocenters. The molecule has 0 aliphatic heterocycles. The molecule has 0 heterocycles. The highest BCUT2D eigenvalue weighted by Crippen LogP contribution is 2.19. The van der Waals surface area contributed by atoms with Gasteiger partial charge in [0.1, 0.15) is 5.75 Å². The Bertz CT molecular complexity index is 1150. The minimum Gasteiger partial charge on any atom is -0.497 e. The maximum atomic E-state index is 12.6. The second kappa shape index (κ2) is 8.14. The molecular weight excluding hydrogens is 418 g/mol. The highest BCUT2D eigenvalue weighted by molar-refractivity contribution is 7.92. The number of nitrogens with one attached hydrogen (secondary N) is 1. The van der Waals surface area contributed by atoms with Gasteiger partial charge in [0.25, 0.3) is 20.0 Å². The SMILES string of the molecule is COc1ccc(S(=O)(=O)NN(N=S(=O)=O)S(=O)(=O)c2ccc(C)cc2)cc1. The molecule has 0 saturated carbocycles. The summed E-state index contributed by atoms with van der Waals surface area (Å²) in [4.78, 5) is 0.981. The largest absolute Gasteiger partial charge is 0.497 e. The van der Waals surface area contributed by atoms with E-state index in [9.17, 15) is 25.3 Å². The van der Waals surface area contributed by atoms with Crippen LogP contribution in [0.25, 0.3) is 0 Å². The average molecular weight is 433 g/mol. The van der Waals surface area contributed by atoms with E-state index in [1.807, 2.05) is 0 Å². The molecule has 2 rings (SSSR count). The molecule has 0 aliphatic carbocycles. The van der Waals surface area contributed by atoms with Crippen LogP contribution in [0.5, 0.6) is 5.75 Å². The van der Waals surface area contributed by atoms with E-state index in [1.165, 1.54) is 43.5 Å². The highest BCUT2D eigenvalue weighted by Gasteiger charge is 2.30. The quantitative estimate of drug-likeness (QED) is 0.639. The van der Waals surface area contributed by atoms with Crippen LogP contribution in [0.15, 0.2) is 62.8 Å². The average Bonchev–Trinajstić information content (AvgIpc) is 2.61. The fourth-order valence-corrected chi connectivity index (χ4v) is 4.83. The molecule has 0 radical (unpaired) electrons. The van der Waals surface area contributed by atoms with E-state index < -0.39 is 30.5 Å². The maximum Gasteiger partial charge on any atom is 0.330 e. The summed E-state index contributed by atoms with van der Waals surface area (Å²) in [7, 11) is -10.9. The zero-order valence-electron chi connectivity index (χ0n) is 14.1. The Balaban J connectivity index is 2.47. The molecule has 13 heteroatoms. The van der Waals surface area contributed by atoms with E-state index in [0.29, 0.717) is 5.75 Å². The smallest absolute Gasteiger partial charge is 0.330 e. The summed E-state index contributed by atoms with van der Waals surface area (Å²) < 4.78 is 79.5. The van der Waals surface area contributed by atoms with Crippen molar-refractivity contribution in [1.29, 1.82) is 0 Å². The Labute approximate surface area is 158 Å². The van der Waals surface area contributed by atoms with Crippen molar-refractivity contribution in [2.45, 2.75) is 16.7 Å². The van der Waals surface area contributed by atoms with Crippen LogP contribution in [0.1, 0.15) is 5.56 Å². The molecule has 27 heavy (non-hydrogen) atoms. The van der Waals surface area contributed by atoms with Crippen molar-refractivity contribution in [3.63, 3.8) is 0 Å². The third kappa shape index (κ3) is 5.11. The van der Waals surface area contributed by atoms with E-state index in [1.54, 1.807) is 11.8 Å². The van der Waals surface area contributed by atoms with Gasteiger partial charge in [0.15, 0.2) is 0 Å². The molecule has 0 spiro atoms. The molecule has 2 aromatic carbocycles. The molecule has 2 aromatic rings. The number of sulfonamides is 2. The third-order valence-corrected chi connectivity index (χ3v) is 6.57. The van der Waals surface area contributed by atoms with Gasteiger partial charge in [-0.05, 0) is 47.8 Å². The van der Waals surface area contributed by atoms with Gasteiger partial charge >= 0.3 is 10.5 Å². The highest BCUT2D eigenvalue weighted by atomic mass is 32.2. The lowest BCUT2D eigenvalue weighted by Gasteiger charge is -2.16. The van der Waals surface area contributed by atoms with Crippen LogP contribution in [0.2, 0.25) is 0 Å². The van der Waals surface area contributed by atoms with Crippen molar-refractivity contribution in [3.8, 4) is 5.75 Å². The molecule has 0 aromatic heterocycles. The summed E-state index contributed by atoms with van der Waals surface area (Å²) in [5, 5.41) is 0.